The first-order chi connectivity index (χ1) is 12.6. The Morgan fingerprint density at radius 1 is 0.846 bits per heavy atom. The lowest BCUT2D eigenvalue weighted by atomic mass is 10.1. The number of nitrogens with zero attached hydrogens (tertiary/aromatic N) is 2. The van der Waals surface area contributed by atoms with Crippen LogP contribution in [0.2, 0.25) is 0 Å². The molecule has 0 saturated heterocycles. The molecule has 0 spiro atoms. The third-order valence-corrected chi connectivity index (χ3v) is 4.06. The fraction of sp³-hybridized carbons (Fsp3) is 0.211. The molecule has 0 fully saturated rings. The van der Waals surface area contributed by atoms with Crippen molar-refractivity contribution in [1.29, 1.82) is 0 Å². The lowest BCUT2D eigenvalue weighted by molar-refractivity contribution is 0.324. The second-order valence-electron chi connectivity index (χ2n) is 5.46. The summed E-state index contributed by atoms with van der Waals surface area (Å²) in [5, 5.41) is 0. The van der Waals surface area contributed by atoms with Crippen LogP contribution in [0.15, 0.2) is 42.7 Å². The number of ether oxygens (including phenoxy) is 4. The molecule has 2 N–H and O–H groups in total. The lowest BCUT2D eigenvalue weighted by Gasteiger charge is -2.15. The molecule has 0 radical (unpaired) electrons. The molecule has 0 aliphatic rings. The van der Waals surface area contributed by atoms with E-state index in [4.69, 9.17) is 24.7 Å². The third kappa shape index (κ3) is 2.99. The van der Waals surface area contributed by atoms with Crippen LogP contribution in [-0.4, -0.2) is 38.0 Å². The van der Waals surface area contributed by atoms with E-state index in [9.17, 15) is 0 Å². The van der Waals surface area contributed by atoms with Crippen LogP contribution in [0.3, 0.4) is 0 Å². The monoisotopic (exact) mass is 355 g/mol. The zero-order valence-electron chi connectivity index (χ0n) is 15.1. The number of aromatic nitrogens is 2. The van der Waals surface area contributed by atoms with Crippen molar-refractivity contribution in [2.75, 3.05) is 34.2 Å². The average molecular weight is 355 g/mol. The van der Waals surface area contributed by atoms with Crippen molar-refractivity contribution >= 4 is 5.69 Å². The van der Waals surface area contributed by atoms with Crippen molar-refractivity contribution in [3.63, 3.8) is 0 Å². The summed E-state index contributed by atoms with van der Waals surface area (Å²) >= 11 is 0. The fourth-order valence-corrected chi connectivity index (χ4v) is 2.81. The number of nitrogens with two attached hydrogens (primary N) is 1. The van der Waals surface area contributed by atoms with E-state index in [1.807, 2.05) is 41.1 Å². The summed E-state index contributed by atoms with van der Waals surface area (Å²) in [5.41, 5.74) is 8.27. The predicted octanol–water partition coefficient (Wildman–Crippen LogP) is 3.16. The van der Waals surface area contributed by atoms with E-state index >= 15 is 0 Å². The van der Waals surface area contributed by atoms with Crippen molar-refractivity contribution in [1.82, 2.24) is 9.55 Å². The van der Waals surface area contributed by atoms with Gasteiger partial charge in [0.25, 0.3) is 0 Å². The summed E-state index contributed by atoms with van der Waals surface area (Å²) in [7, 11) is 6.32. The molecule has 3 rings (SSSR count). The summed E-state index contributed by atoms with van der Waals surface area (Å²) < 4.78 is 23.4. The molecular weight excluding hydrogens is 334 g/mol. The van der Waals surface area contributed by atoms with Gasteiger partial charge in [0, 0.05) is 23.6 Å². The van der Waals surface area contributed by atoms with Gasteiger partial charge in [-0.25, -0.2) is 4.98 Å². The number of anilines is 1. The molecule has 7 heteroatoms. The predicted molar refractivity (Wildman–Crippen MR) is 99.6 cm³/mol. The van der Waals surface area contributed by atoms with E-state index in [0.29, 0.717) is 34.5 Å². The molecule has 136 valence electrons. The minimum absolute atomic E-state index is 0.533. The summed E-state index contributed by atoms with van der Waals surface area (Å²) in [4.78, 5) is 4.48. The van der Waals surface area contributed by atoms with Crippen LogP contribution in [0.1, 0.15) is 0 Å². The highest BCUT2D eigenvalue weighted by Gasteiger charge is 2.17. The van der Waals surface area contributed by atoms with Gasteiger partial charge in [-0.2, -0.15) is 0 Å². The molecule has 0 bridgehead atoms. The Hall–Kier alpha value is -3.35. The molecule has 1 heterocycles. The highest BCUT2D eigenvalue weighted by molar-refractivity contribution is 5.69. The van der Waals surface area contributed by atoms with E-state index in [-0.39, 0.29) is 0 Å². The highest BCUT2D eigenvalue weighted by Crippen LogP contribution is 2.41. The first-order valence-electron chi connectivity index (χ1n) is 7.90. The molecule has 2 aromatic carbocycles. The van der Waals surface area contributed by atoms with Gasteiger partial charge in [0.2, 0.25) is 5.75 Å². The molecule has 1 aromatic heterocycles. The van der Waals surface area contributed by atoms with E-state index in [1.165, 1.54) is 0 Å². The van der Waals surface area contributed by atoms with Crippen LogP contribution < -0.4 is 24.7 Å². The zero-order valence-corrected chi connectivity index (χ0v) is 15.1. The largest absolute Gasteiger partial charge is 0.495 e. The molecular formula is C19H21N3O4. The van der Waals surface area contributed by atoms with E-state index in [2.05, 4.69) is 4.98 Å². The van der Waals surface area contributed by atoms with Crippen molar-refractivity contribution in [3.05, 3.63) is 42.7 Å². The molecule has 26 heavy (non-hydrogen) atoms. The molecule has 0 unspecified atom stereocenters. The molecule has 0 atom stereocenters. The second-order valence-corrected chi connectivity index (χ2v) is 5.46. The first kappa shape index (κ1) is 17.5. The number of methoxy groups -OCH3 is 4. The van der Waals surface area contributed by atoms with Gasteiger partial charge in [-0.3, -0.25) is 4.57 Å². The SMILES string of the molecule is COc1ccc(-n2ccnc2-c2cc(OC)c(OC)c(OC)c2)cc1N. The van der Waals surface area contributed by atoms with Crippen LogP contribution in [-0.2, 0) is 0 Å². The molecule has 0 aliphatic heterocycles. The topological polar surface area (TPSA) is 80.8 Å². The fourth-order valence-electron chi connectivity index (χ4n) is 2.81. The molecule has 0 aliphatic carbocycles. The third-order valence-electron chi connectivity index (χ3n) is 4.06. The van der Waals surface area contributed by atoms with E-state index < -0.39 is 0 Å². The Morgan fingerprint density at radius 2 is 1.50 bits per heavy atom. The van der Waals surface area contributed by atoms with Gasteiger partial charge in [0.1, 0.15) is 11.6 Å². The van der Waals surface area contributed by atoms with Crippen LogP contribution in [0, 0.1) is 0 Å². The Morgan fingerprint density at radius 3 is 2.04 bits per heavy atom. The lowest BCUT2D eigenvalue weighted by Crippen LogP contribution is -2.01. The Balaban J connectivity index is 2.13. The summed E-state index contributed by atoms with van der Waals surface area (Å²) in [5.74, 6) is 3.00. The molecule has 0 saturated carbocycles. The van der Waals surface area contributed by atoms with Crippen molar-refractivity contribution in [2.45, 2.75) is 0 Å². The number of hydrogen-bond acceptors (Lipinski definition) is 6. The van der Waals surface area contributed by atoms with Gasteiger partial charge in [0.05, 0.1) is 34.1 Å². The molecule has 0 amide bonds. The number of rotatable bonds is 6. The molecule has 3 aromatic rings. The standard InChI is InChI=1S/C19H21N3O4/c1-23-15-6-5-13(11-14(15)20)22-8-7-21-19(22)12-9-16(24-2)18(26-4)17(10-12)25-3/h5-11H,20H2,1-4H3. The quantitative estimate of drug-likeness (QED) is 0.684. The average Bonchev–Trinajstić information content (AvgIpc) is 3.16. The molecule has 7 nitrogen and oxygen atoms in total. The van der Waals surface area contributed by atoms with Gasteiger partial charge in [-0.1, -0.05) is 0 Å². The van der Waals surface area contributed by atoms with Crippen LogP contribution in [0.4, 0.5) is 5.69 Å². The van der Waals surface area contributed by atoms with Crippen LogP contribution >= 0.6 is 0 Å². The Labute approximate surface area is 151 Å². The number of hydrogen-bond donors (Lipinski definition) is 1. The minimum Gasteiger partial charge on any atom is -0.495 e. The van der Waals surface area contributed by atoms with Crippen molar-refractivity contribution < 1.29 is 18.9 Å². The minimum atomic E-state index is 0.533. The van der Waals surface area contributed by atoms with Gasteiger partial charge in [0.15, 0.2) is 11.5 Å². The Kier molecular flexibility index (Phi) is 4.88. The zero-order chi connectivity index (χ0) is 18.7. The van der Waals surface area contributed by atoms with Gasteiger partial charge in [-0.15, -0.1) is 0 Å². The summed E-state index contributed by atoms with van der Waals surface area (Å²) in [6, 6.07) is 9.28. The van der Waals surface area contributed by atoms with Gasteiger partial charge in [-0.05, 0) is 30.3 Å². The maximum atomic E-state index is 6.04. The van der Waals surface area contributed by atoms with E-state index in [1.54, 1.807) is 34.6 Å². The first-order valence-corrected chi connectivity index (χ1v) is 7.90. The maximum Gasteiger partial charge on any atom is 0.203 e. The Bertz CT molecular complexity index is 896. The van der Waals surface area contributed by atoms with Gasteiger partial charge < -0.3 is 24.7 Å². The second kappa shape index (κ2) is 7.26. The summed E-state index contributed by atoms with van der Waals surface area (Å²) in [6.07, 6.45) is 3.58. The maximum absolute atomic E-state index is 6.04. The smallest absolute Gasteiger partial charge is 0.203 e. The van der Waals surface area contributed by atoms with Crippen molar-refractivity contribution in [3.8, 4) is 40.1 Å². The number of benzene rings is 2. The van der Waals surface area contributed by atoms with Crippen molar-refractivity contribution in [2.24, 2.45) is 0 Å². The highest BCUT2D eigenvalue weighted by atomic mass is 16.5. The van der Waals surface area contributed by atoms with Gasteiger partial charge >= 0.3 is 0 Å². The summed E-state index contributed by atoms with van der Waals surface area (Å²) in [6.45, 7) is 0. The normalized spacial score (nSPS) is 10.5. The van der Waals surface area contributed by atoms with Crippen LogP contribution in [0.5, 0.6) is 23.0 Å². The van der Waals surface area contributed by atoms with E-state index in [0.717, 1.165) is 11.3 Å². The number of imidazole rings is 1. The van der Waals surface area contributed by atoms with Crippen LogP contribution in [0.25, 0.3) is 17.1 Å². The number of nitrogen functional groups attached to an aromatic ring is 1.